The highest BCUT2D eigenvalue weighted by Crippen LogP contribution is 2.32. The van der Waals surface area contributed by atoms with E-state index in [1.165, 1.54) is 12.1 Å². The molecule has 0 aliphatic rings. The van der Waals surface area contributed by atoms with Gasteiger partial charge in [-0.3, -0.25) is 10.1 Å². The molecule has 0 saturated heterocycles. The number of nitriles is 1. The van der Waals surface area contributed by atoms with Crippen molar-refractivity contribution in [3.05, 3.63) is 63.7 Å². The molecule has 0 amide bonds. The number of nitrogens with zero attached hydrogens (tertiary/aromatic N) is 2. The number of hydrogen-bond donors (Lipinski definition) is 0. The van der Waals surface area contributed by atoms with E-state index in [-0.39, 0.29) is 5.69 Å². The van der Waals surface area contributed by atoms with Crippen molar-refractivity contribution in [1.82, 2.24) is 0 Å². The maximum atomic E-state index is 10.7. The van der Waals surface area contributed by atoms with Gasteiger partial charge in [-0.2, -0.15) is 5.26 Å². The van der Waals surface area contributed by atoms with Gasteiger partial charge in [-0.1, -0.05) is 12.1 Å². The second-order valence-corrected chi connectivity index (χ2v) is 4.92. The summed E-state index contributed by atoms with van der Waals surface area (Å²) in [5, 5.41) is 20.2. The van der Waals surface area contributed by atoms with E-state index in [4.69, 9.17) is 9.47 Å². The summed E-state index contributed by atoms with van der Waals surface area (Å²) in [6.45, 7) is 0. The van der Waals surface area contributed by atoms with Gasteiger partial charge in [0.2, 0.25) is 0 Å². The van der Waals surface area contributed by atoms with E-state index in [1.807, 2.05) is 0 Å². The summed E-state index contributed by atoms with van der Waals surface area (Å²) >= 11 is 0. The van der Waals surface area contributed by atoms with Gasteiger partial charge in [-0.05, 0) is 30.2 Å². The van der Waals surface area contributed by atoms with Crippen molar-refractivity contribution >= 4 is 5.69 Å². The number of methoxy groups -OCH3 is 2. The van der Waals surface area contributed by atoms with Crippen molar-refractivity contribution < 1.29 is 14.4 Å². The van der Waals surface area contributed by atoms with Crippen molar-refractivity contribution in [1.29, 1.82) is 5.26 Å². The number of rotatable bonds is 6. The monoisotopic (exact) mass is 312 g/mol. The summed E-state index contributed by atoms with van der Waals surface area (Å²) in [4.78, 5) is 10.2. The SMILES string of the molecule is COc1ccc(OC)c(C(C#N)Cc2ccc([N+](=O)[O-])cc2)c1. The molecule has 118 valence electrons. The molecule has 23 heavy (non-hydrogen) atoms. The quantitative estimate of drug-likeness (QED) is 0.602. The summed E-state index contributed by atoms with van der Waals surface area (Å²) in [5.41, 5.74) is 1.60. The molecule has 2 aromatic carbocycles. The Balaban J connectivity index is 2.29. The van der Waals surface area contributed by atoms with Crippen LogP contribution in [0.25, 0.3) is 0 Å². The number of hydrogen-bond acceptors (Lipinski definition) is 5. The maximum Gasteiger partial charge on any atom is 0.269 e. The first-order valence-electron chi connectivity index (χ1n) is 6.94. The summed E-state index contributed by atoms with van der Waals surface area (Å²) in [7, 11) is 3.11. The minimum atomic E-state index is -0.448. The highest BCUT2D eigenvalue weighted by atomic mass is 16.6. The third-order valence-electron chi connectivity index (χ3n) is 3.56. The fourth-order valence-corrected chi connectivity index (χ4v) is 2.33. The van der Waals surface area contributed by atoms with Crippen molar-refractivity contribution in [2.75, 3.05) is 14.2 Å². The van der Waals surface area contributed by atoms with Gasteiger partial charge < -0.3 is 9.47 Å². The summed E-state index contributed by atoms with van der Waals surface area (Å²) in [6.07, 6.45) is 0.429. The summed E-state index contributed by atoms with van der Waals surface area (Å²) in [5.74, 6) is 0.811. The van der Waals surface area contributed by atoms with Gasteiger partial charge in [0, 0.05) is 17.7 Å². The molecule has 0 aliphatic carbocycles. The average molecular weight is 312 g/mol. The molecule has 0 spiro atoms. The molecule has 0 fully saturated rings. The van der Waals surface area contributed by atoms with Crippen LogP contribution in [-0.4, -0.2) is 19.1 Å². The van der Waals surface area contributed by atoms with E-state index in [1.54, 1.807) is 44.6 Å². The van der Waals surface area contributed by atoms with Crippen LogP contribution in [-0.2, 0) is 6.42 Å². The van der Waals surface area contributed by atoms with Crippen LogP contribution in [0.4, 0.5) is 5.69 Å². The van der Waals surface area contributed by atoms with Gasteiger partial charge in [0.05, 0.1) is 31.1 Å². The van der Waals surface area contributed by atoms with Gasteiger partial charge in [-0.25, -0.2) is 0 Å². The zero-order chi connectivity index (χ0) is 16.8. The van der Waals surface area contributed by atoms with E-state index in [2.05, 4.69) is 6.07 Å². The van der Waals surface area contributed by atoms with E-state index in [0.717, 1.165) is 11.1 Å². The molecule has 2 rings (SSSR count). The van der Waals surface area contributed by atoms with E-state index >= 15 is 0 Å². The second-order valence-electron chi connectivity index (χ2n) is 4.92. The molecule has 1 atom stereocenters. The van der Waals surface area contributed by atoms with Crippen LogP contribution in [0.1, 0.15) is 17.0 Å². The molecule has 0 bridgehead atoms. The zero-order valence-corrected chi connectivity index (χ0v) is 12.9. The Labute approximate surface area is 134 Å². The first-order chi connectivity index (χ1) is 11.1. The molecule has 1 unspecified atom stereocenters. The number of non-ortho nitro benzene ring substituents is 1. The van der Waals surface area contributed by atoms with Crippen LogP contribution >= 0.6 is 0 Å². The van der Waals surface area contributed by atoms with Crippen LogP contribution in [0.15, 0.2) is 42.5 Å². The Morgan fingerprint density at radius 1 is 1.17 bits per heavy atom. The fraction of sp³-hybridized carbons (Fsp3) is 0.235. The van der Waals surface area contributed by atoms with Gasteiger partial charge in [0.25, 0.3) is 5.69 Å². The predicted octanol–water partition coefficient (Wildman–Crippen LogP) is 3.46. The Morgan fingerprint density at radius 3 is 2.39 bits per heavy atom. The topological polar surface area (TPSA) is 85.4 Å². The zero-order valence-electron chi connectivity index (χ0n) is 12.9. The Bertz CT molecular complexity index is 735. The van der Waals surface area contributed by atoms with Crippen molar-refractivity contribution in [2.45, 2.75) is 12.3 Å². The number of nitro groups is 1. The van der Waals surface area contributed by atoms with Gasteiger partial charge in [-0.15, -0.1) is 0 Å². The number of benzene rings is 2. The minimum Gasteiger partial charge on any atom is -0.497 e. The van der Waals surface area contributed by atoms with E-state index < -0.39 is 10.8 Å². The normalized spacial score (nSPS) is 11.3. The average Bonchev–Trinajstić information content (AvgIpc) is 2.59. The molecule has 6 nitrogen and oxygen atoms in total. The largest absolute Gasteiger partial charge is 0.497 e. The molecule has 0 radical (unpaired) electrons. The summed E-state index contributed by atoms with van der Waals surface area (Å²) in [6, 6.07) is 13.8. The third kappa shape index (κ3) is 3.77. The van der Waals surface area contributed by atoms with Crippen molar-refractivity contribution in [3.63, 3.8) is 0 Å². The van der Waals surface area contributed by atoms with E-state index in [9.17, 15) is 15.4 Å². The summed E-state index contributed by atoms with van der Waals surface area (Å²) < 4.78 is 10.5. The molecule has 0 aromatic heterocycles. The predicted molar refractivity (Wildman–Crippen MR) is 84.7 cm³/mol. The van der Waals surface area contributed by atoms with Crippen LogP contribution in [0.3, 0.4) is 0 Å². The molecule has 2 aromatic rings. The smallest absolute Gasteiger partial charge is 0.269 e. The number of ether oxygens (including phenoxy) is 2. The minimum absolute atomic E-state index is 0.0289. The lowest BCUT2D eigenvalue weighted by atomic mass is 9.92. The van der Waals surface area contributed by atoms with E-state index in [0.29, 0.717) is 17.9 Å². The van der Waals surface area contributed by atoms with Crippen molar-refractivity contribution in [3.8, 4) is 17.6 Å². The fourth-order valence-electron chi connectivity index (χ4n) is 2.33. The third-order valence-corrected chi connectivity index (χ3v) is 3.56. The van der Waals surface area contributed by atoms with Gasteiger partial charge >= 0.3 is 0 Å². The molecule has 0 N–H and O–H groups in total. The first-order valence-corrected chi connectivity index (χ1v) is 6.94. The van der Waals surface area contributed by atoms with Crippen LogP contribution < -0.4 is 9.47 Å². The molecular weight excluding hydrogens is 296 g/mol. The standard InChI is InChI=1S/C17H16N2O4/c1-22-15-7-8-17(23-2)16(10-15)13(11-18)9-12-3-5-14(6-4-12)19(20)21/h3-8,10,13H,9H2,1-2H3. The van der Waals surface area contributed by atoms with Crippen LogP contribution in [0, 0.1) is 21.4 Å². The Hall–Kier alpha value is -3.07. The highest BCUT2D eigenvalue weighted by Gasteiger charge is 2.18. The molecule has 6 heteroatoms. The number of nitro benzene ring substituents is 1. The molecular formula is C17H16N2O4. The molecule has 0 saturated carbocycles. The Morgan fingerprint density at radius 2 is 1.87 bits per heavy atom. The second kappa shape index (κ2) is 7.27. The molecule has 0 aliphatic heterocycles. The van der Waals surface area contributed by atoms with Crippen molar-refractivity contribution in [2.24, 2.45) is 0 Å². The maximum absolute atomic E-state index is 10.7. The van der Waals surface area contributed by atoms with Crippen LogP contribution in [0.5, 0.6) is 11.5 Å². The molecule has 0 heterocycles. The lowest BCUT2D eigenvalue weighted by Crippen LogP contribution is -2.04. The lowest BCUT2D eigenvalue weighted by Gasteiger charge is -2.15. The Kier molecular flexibility index (Phi) is 5.15. The lowest BCUT2D eigenvalue weighted by molar-refractivity contribution is -0.384. The highest BCUT2D eigenvalue weighted by molar-refractivity contribution is 5.45. The first kappa shape index (κ1) is 16.3. The van der Waals surface area contributed by atoms with Gasteiger partial charge in [0.1, 0.15) is 11.5 Å². The van der Waals surface area contributed by atoms with Gasteiger partial charge in [0.15, 0.2) is 0 Å². The van der Waals surface area contributed by atoms with Crippen LogP contribution in [0.2, 0.25) is 0 Å².